The van der Waals surface area contributed by atoms with Crippen LogP contribution < -0.4 is 0 Å². The SMILES string of the molecule is O=C(O)c1cc(CC2Cc3cc4c(cc3C2=O)CCC4)cc2c1CCC2. The van der Waals surface area contributed by atoms with Gasteiger partial charge in [-0.25, -0.2) is 4.79 Å². The molecular weight excluding hydrogens is 324 g/mol. The molecule has 1 atom stereocenters. The number of aromatic carboxylic acids is 1. The first kappa shape index (κ1) is 15.8. The Labute approximate surface area is 153 Å². The van der Waals surface area contributed by atoms with Gasteiger partial charge in [-0.1, -0.05) is 12.1 Å². The Hall–Kier alpha value is -2.42. The lowest BCUT2D eigenvalue weighted by Gasteiger charge is -2.12. The second-order valence-corrected chi connectivity index (χ2v) is 8.04. The number of aryl methyl sites for hydroxylation is 3. The fourth-order valence-corrected chi connectivity index (χ4v) is 5.18. The second kappa shape index (κ2) is 5.80. The zero-order valence-corrected chi connectivity index (χ0v) is 14.8. The van der Waals surface area contributed by atoms with Crippen molar-refractivity contribution in [2.24, 2.45) is 5.92 Å². The van der Waals surface area contributed by atoms with E-state index in [2.05, 4.69) is 18.2 Å². The molecule has 0 saturated carbocycles. The van der Waals surface area contributed by atoms with E-state index in [1.165, 1.54) is 28.7 Å². The Kier molecular flexibility index (Phi) is 3.53. The maximum atomic E-state index is 12.9. The summed E-state index contributed by atoms with van der Waals surface area (Å²) in [6.07, 6.45) is 7.70. The minimum absolute atomic E-state index is 0.0476. The topological polar surface area (TPSA) is 54.4 Å². The molecule has 0 radical (unpaired) electrons. The lowest BCUT2D eigenvalue weighted by Crippen LogP contribution is -2.13. The van der Waals surface area contributed by atoms with Gasteiger partial charge >= 0.3 is 5.97 Å². The standard InChI is InChI=1S/C23H22O3/c24-22-18(11-17-10-14-3-1-4-15(14)12-20(17)22)8-13-7-16-5-2-6-19(16)21(9-13)23(25)26/h7,9-10,12,18H,1-6,8,11H2,(H,25,26). The van der Waals surface area contributed by atoms with Crippen molar-refractivity contribution in [2.45, 2.75) is 51.4 Å². The third kappa shape index (κ3) is 2.41. The molecule has 0 heterocycles. The van der Waals surface area contributed by atoms with E-state index in [1.807, 2.05) is 6.07 Å². The lowest BCUT2D eigenvalue weighted by atomic mass is 9.91. The smallest absolute Gasteiger partial charge is 0.335 e. The van der Waals surface area contributed by atoms with E-state index in [0.717, 1.165) is 55.2 Å². The van der Waals surface area contributed by atoms with Crippen LogP contribution >= 0.6 is 0 Å². The zero-order valence-electron chi connectivity index (χ0n) is 14.8. The number of fused-ring (bicyclic) bond motifs is 3. The summed E-state index contributed by atoms with van der Waals surface area (Å²) in [5.74, 6) is -0.650. The van der Waals surface area contributed by atoms with Crippen LogP contribution in [-0.2, 0) is 38.5 Å². The van der Waals surface area contributed by atoms with Crippen LogP contribution in [-0.4, -0.2) is 16.9 Å². The van der Waals surface area contributed by atoms with Crippen LogP contribution in [0.15, 0.2) is 24.3 Å². The number of carboxylic acids is 1. The summed E-state index contributed by atoms with van der Waals surface area (Å²) in [5, 5.41) is 9.56. The number of carbonyl (C=O) groups is 2. The normalized spacial score (nSPS) is 20.2. The monoisotopic (exact) mass is 346 g/mol. The highest BCUT2D eigenvalue weighted by atomic mass is 16.4. The summed E-state index contributed by atoms with van der Waals surface area (Å²) in [6, 6.07) is 8.33. The third-order valence-corrected chi connectivity index (χ3v) is 6.41. The highest BCUT2D eigenvalue weighted by molar-refractivity contribution is 6.02. The number of hydrogen-bond donors (Lipinski definition) is 1. The number of rotatable bonds is 3. The summed E-state index contributed by atoms with van der Waals surface area (Å²) in [7, 11) is 0. The number of benzene rings is 2. The molecule has 0 spiro atoms. The van der Waals surface area contributed by atoms with E-state index in [1.54, 1.807) is 0 Å². The van der Waals surface area contributed by atoms with E-state index in [-0.39, 0.29) is 11.7 Å². The molecule has 26 heavy (non-hydrogen) atoms. The summed E-state index contributed by atoms with van der Waals surface area (Å²) in [4.78, 5) is 24.6. The van der Waals surface area contributed by atoms with Gasteiger partial charge in [0, 0.05) is 11.5 Å². The molecule has 0 bridgehead atoms. The van der Waals surface area contributed by atoms with Crippen LogP contribution in [0, 0.1) is 5.92 Å². The molecule has 0 aliphatic heterocycles. The molecule has 0 amide bonds. The molecule has 3 nitrogen and oxygen atoms in total. The molecule has 3 aliphatic rings. The molecule has 5 rings (SSSR count). The molecule has 3 heteroatoms. The number of hydrogen-bond acceptors (Lipinski definition) is 2. The van der Waals surface area contributed by atoms with E-state index >= 15 is 0 Å². The first-order valence-electron chi connectivity index (χ1n) is 9.67. The van der Waals surface area contributed by atoms with Gasteiger partial charge < -0.3 is 5.11 Å². The first-order valence-corrected chi connectivity index (χ1v) is 9.67. The Morgan fingerprint density at radius 2 is 1.65 bits per heavy atom. The van der Waals surface area contributed by atoms with Gasteiger partial charge in [-0.05, 0) is 96.9 Å². The summed E-state index contributed by atoms with van der Waals surface area (Å²) in [6.45, 7) is 0. The fraction of sp³-hybridized carbons (Fsp3) is 0.391. The first-order chi connectivity index (χ1) is 12.6. The van der Waals surface area contributed by atoms with Crippen molar-refractivity contribution in [3.63, 3.8) is 0 Å². The number of Topliss-reactive ketones (excluding diaryl/α,β-unsaturated/α-hetero) is 1. The van der Waals surface area contributed by atoms with E-state index < -0.39 is 5.97 Å². The highest BCUT2D eigenvalue weighted by Gasteiger charge is 2.32. The minimum atomic E-state index is -0.845. The van der Waals surface area contributed by atoms with Gasteiger partial charge in [0.2, 0.25) is 0 Å². The lowest BCUT2D eigenvalue weighted by molar-refractivity contribution is 0.0695. The van der Waals surface area contributed by atoms with Crippen molar-refractivity contribution in [3.05, 3.63) is 68.8 Å². The average Bonchev–Trinajstić information content (AvgIpc) is 3.32. The van der Waals surface area contributed by atoms with E-state index in [4.69, 9.17) is 0 Å². The van der Waals surface area contributed by atoms with E-state index in [9.17, 15) is 14.7 Å². The van der Waals surface area contributed by atoms with Crippen molar-refractivity contribution < 1.29 is 14.7 Å². The molecule has 1 N–H and O–H groups in total. The van der Waals surface area contributed by atoms with Crippen LogP contribution in [0.1, 0.15) is 66.9 Å². The van der Waals surface area contributed by atoms with Gasteiger partial charge in [-0.2, -0.15) is 0 Å². The summed E-state index contributed by atoms with van der Waals surface area (Å²) < 4.78 is 0. The highest BCUT2D eigenvalue weighted by Crippen LogP contribution is 2.35. The molecule has 0 fully saturated rings. The van der Waals surface area contributed by atoms with Crippen LogP contribution in [0.4, 0.5) is 0 Å². The Morgan fingerprint density at radius 3 is 2.46 bits per heavy atom. The predicted octanol–water partition coefficient (Wildman–Crippen LogP) is 3.96. The second-order valence-electron chi connectivity index (χ2n) is 8.04. The summed E-state index contributed by atoms with van der Waals surface area (Å²) in [5.41, 5.74) is 8.49. The fourth-order valence-electron chi connectivity index (χ4n) is 5.18. The molecule has 2 aromatic carbocycles. The number of ketones is 1. The van der Waals surface area contributed by atoms with Gasteiger partial charge in [-0.3, -0.25) is 4.79 Å². The van der Waals surface area contributed by atoms with Crippen molar-refractivity contribution in [2.75, 3.05) is 0 Å². The number of carboxylic acid groups (broad SMARTS) is 1. The maximum absolute atomic E-state index is 12.9. The third-order valence-electron chi connectivity index (χ3n) is 6.41. The van der Waals surface area contributed by atoms with Gasteiger partial charge in [0.25, 0.3) is 0 Å². The molecule has 0 aromatic heterocycles. The Morgan fingerprint density at radius 1 is 0.923 bits per heavy atom. The minimum Gasteiger partial charge on any atom is -0.478 e. The molecular formula is C23H22O3. The van der Waals surface area contributed by atoms with Crippen LogP contribution in [0.3, 0.4) is 0 Å². The average molecular weight is 346 g/mol. The number of carbonyl (C=O) groups excluding carboxylic acids is 1. The quantitative estimate of drug-likeness (QED) is 0.915. The molecule has 2 aromatic rings. The van der Waals surface area contributed by atoms with Gasteiger partial charge in [0.1, 0.15) is 0 Å². The molecule has 0 saturated heterocycles. The van der Waals surface area contributed by atoms with Gasteiger partial charge in [0.15, 0.2) is 5.78 Å². The van der Waals surface area contributed by atoms with Crippen molar-refractivity contribution in [3.8, 4) is 0 Å². The van der Waals surface area contributed by atoms with Crippen LogP contribution in [0.25, 0.3) is 0 Å². The Bertz CT molecular complexity index is 954. The molecule has 1 unspecified atom stereocenters. The van der Waals surface area contributed by atoms with Crippen molar-refractivity contribution in [1.82, 2.24) is 0 Å². The van der Waals surface area contributed by atoms with Crippen molar-refractivity contribution >= 4 is 11.8 Å². The maximum Gasteiger partial charge on any atom is 0.335 e. The van der Waals surface area contributed by atoms with E-state index in [0.29, 0.717) is 12.0 Å². The zero-order chi connectivity index (χ0) is 17.8. The Balaban J connectivity index is 1.45. The largest absolute Gasteiger partial charge is 0.478 e. The molecule has 3 aliphatic carbocycles. The van der Waals surface area contributed by atoms with Crippen LogP contribution in [0.2, 0.25) is 0 Å². The summed E-state index contributed by atoms with van der Waals surface area (Å²) >= 11 is 0. The predicted molar refractivity (Wildman–Crippen MR) is 99.1 cm³/mol. The van der Waals surface area contributed by atoms with Gasteiger partial charge in [-0.15, -0.1) is 0 Å². The molecule has 132 valence electrons. The van der Waals surface area contributed by atoms with Crippen LogP contribution in [0.5, 0.6) is 0 Å². The van der Waals surface area contributed by atoms with Crippen molar-refractivity contribution in [1.29, 1.82) is 0 Å². The van der Waals surface area contributed by atoms with Gasteiger partial charge in [0.05, 0.1) is 5.56 Å².